The molecule has 0 radical (unpaired) electrons. The van der Waals surface area contributed by atoms with Crippen molar-refractivity contribution in [3.63, 3.8) is 0 Å². The zero-order valence-corrected chi connectivity index (χ0v) is 23.6. The van der Waals surface area contributed by atoms with E-state index in [1.54, 1.807) is 7.11 Å². The van der Waals surface area contributed by atoms with E-state index in [1.165, 1.54) is 0 Å². The van der Waals surface area contributed by atoms with E-state index in [0.717, 1.165) is 38.0 Å². The maximum atomic E-state index is 11.8. The summed E-state index contributed by atoms with van der Waals surface area (Å²) in [5.41, 5.74) is 0. The molecule has 0 amide bonds. The highest BCUT2D eigenvalue weighted by atomic mass is 28.4. The third-order valence-electron chi connectivity index (χ3n) is 5.51. The van der Waals surface area contributed by atoms with Gasteiger partial charge in [-0.1, -0.05) is 0 Å². The Kier molecular flexibility index (Phi) is 17.9. The van der Waals surface area contributed by atoms with Crippen molar-refractivity contribution < 1.29 is 32.3 Å². The van der Waals surface area contributed by atoms with Crippen LogP contribution >= 0.6 is 0 Å². The molecule has 0 aromatic heterocycles. The van der Waals surface area contributed by atoms with Crippen LogP contribution in [0.4, 0.5) is 0 Å². The van der Waals surface area contributed by atoms with Crippen LogP contribution in [0.1, 0.15) is 47.0 Å². The van der Waals surface area contributed by atoms with E-state index in [-0.39, 0.29) is 0 Å². The first kappa shape index (κ1) is 31.7. The maximum Gasteiger partial charge on any atom is 0.334 e. The molecule has 0 aliphatic rings. The lowest BCUT2D eigenvalue weighted by Gasteiger charge is -2.30. The van der Waals surface area contributed by atoms with E-state index >= 15 is 0 Å². The van der Waals surface area contributed by atoms with Crippen LogP contribution in [0, 0.1) is 5.92 Å². The molecule has 0 saturated heterocycles. The van der Waals surface area contributed by atoms with Gasteiger partial charge in [0.25, 0.3) is 0 Å². The zero-order valence-electron chi connectivity index (χ0n) is 21.6. The number of carboxylic acid groups (broad SMARTS) is 1. The summed E-state index contributed by atoms with van der Waals surface area (Å²) >= 11 is 0. The van der Waals surface area contributed by atoms with E-state index in [1.807, 2.05) is 27.7 Å². The van der Waals surface area contributed by atoms with Crippen molar-refractivity contribution in [3.8, 4) is 0 Å². The number of hydrogen-bond acceptors (Lipinski definition) is 7. The van der Waals surface area contributed by atoms with Crippen molar-refractivity contribution in [3.05, 3.63) is 0 Å². The number of aliphatic carboxylic acids is 1. The zero-order chi connectivity index (χ0) is 24.5. The number of carbonyl (C=O) groups is 1. The highest BCUT2D eigenvalue weighted by Crippen LogP contribution is 2.20. The number of methoxy groups -OCH3 is 1. The minimum absolute atomic E-state index is 0.445. The number of carboxylic acids is 1. The van der Waals surface area contributed by atoms with Crippen LogP contribution in [0.25, 0.3) is 0 Å². The lowest BCUT2D eigenvalue weighted by molar-refractivity contribution is -0.143. The number of rotatable bonds is 22. The molecule has 0 spiro atoms. The largest absolute Gasteiger partial charge is 0.481 e. The number of hydrogen-bond donors (Lipinski definition) is 1. The van der Waals surface area contributed by atoms with Gasteiger partial charge in [-0.2, -0.15) is 0 Å². The SMILES string of the molecule is CCO[Si](C)(CCCN(CCC[Si](C)(OCC)OCC)CC(CCOC)C(=O)O)OCC. The fourth-order valence-electron chi connectivity index (χ4n) is 4.00. The molecule has 0 aromatic rings. The maximum absolute atomic E-state index is 11.8. The van der Waals surface area contributed by atoms with Gasteiger partial charge in [0.15, 0.2) is 0 Å². The molecule has 192 valence electrons. The summed E-state index contributed by atoms with van der Waals surface area (Å²) in [5, 5.41) is 9.69. The Morgan fingerprint density at radius 1 is 0.844 bits per heavy atom. The van der Waals surface area contributed by atoms with Crippen LogP contribution in [0.15, 0.2) is 0 Å². The fourth-order valence-corrected chi connectivity index (χ4v) is 8.79. The molecule has 0 aromatic carbocycles. The minimum atomic E-state index is -2.18. The van der Waals surface area contributed by atoms with Crippen LogP contribution in [-0.4, -0.2) is 92.9 Å². The van der Waals surface area contributed by atoms with E-state index in [0.29, 0.717) is 46.0 Å². The first-order valence-electron chi connectivity index (χ1n) is 12.2. The molecular weight excluding hydrogens is 446 g/mol. The molecule has 0 aliphatic heterocycles. The lowest BCUT2D eigenvalue weighted by Crippen LogP contribution is -2.42. The molecule has 0 heterocycles. The van der Waals surface area contributed by atoms with Gasteiger partial charge in [0.1, 0.15) is 0 Å². The standard InChI is InChI=1S/C22H49NO7Si2/c1-8-27-31(6,28-9-2)18-12-15-23(20-21(22(24)25)14-17-26-5)16-13-19-32(7,29-10-3)30-11-4/h21H,8-20H2,1-7H3,(H,24,25). The van der Waals surface area contributed by atoms with Crippen LogP contribution < -0.4 is 0 Å². The Bertz CT molecular complexity index is 445. The van der Waals surface area contributed by atoms with Gasteiger partial charge in [-0.05, 0) is 85.2 Å². The lowest BCUT2D eigenvalue weighted by atomic mass is 10.1. The third-order valence-corrected chi connectivity index (χ3v) is 11.6. The topological polar surface area (TPSA) is 86.7 Å². The molecule has 0 saturated carbocycles. The van der Waals surface area contributed by atoms with E-state index in [9.17, 15) is 9.90 Å². The third kappa shape index (κ3) is 14.0. The molecule has 0 fully saturated rings. The van der Waals surface area contributed by atoms with Gasteiger partial charge in [-0.3, -0.25) is 4.79 Å². The Morgan fingerprint density at radius 2 is 1.25 bits per heavy atom. The average molecular weight is 496 g/mol. The van der Waals surface area contributed by atoms with E-state index in [2.05, 4.69) is 18.0 Å². The minimum Gasteiger partial charge on any atom is -0.481 e. The Balaban J connectivity index is 5.07. The molecular formula is C22H49NO7Si2. The Labute approximate surface area is 198 Å². The van der Waals surface area contributed by atoms with Gasteiger partial charge in [-0.15, -0.1) is 0 Å². The van der Waals surface area contributed by atoms with Crippen LogP contribution in [0.3, 0.4) is 0 Å². The Hall–Kier alpha value is -0.336. The van der Waals surface area contributed by atoms with Gasteiger partial charge in [0, 0.05) is 46.7 Å². The quantitative estimate of drug-likeness (QED) is 0.225. The molecule has 0 aliphatic carbocycles. The van der Waals surface area contributed by atoms with Crippen LogP contribution in [0.2, 0.25) is 25.2 Å². The summed E-state index contributed by atoms with van der Waals surface area (Å²) in [6.07, 6.45) is 2.35. The van der Waals surface area contributed by atoms with Crippen molar-refractivity contribution >= 4 is 23.1 Å². The van der Waals surface area contributed by atoms with Crippen molar-refractivity contribution in [1.82, 2.24) is 4.90 Å². The summed E-state index contributed by atoms with van der Waals surface area (Å²) < 4.78 is 29.0. The molecule has 1 atom stereocenters. The van der Waals surface area contributed by atoms with Gasteiger partial charge in [0.05, 0.1) is 5.92 Å². The number of ether oxygens (including phenoxy) is 1. The summed E-state index contributed by atoms with van der Waals surface area (Å²) in [6, 6.07) is 1.79. The second kappa shape index (κ2) is 18.0. The van der Waals surface area contributed by atoms with Crippen molar-refractivity contribution in [2.45, 2.75) is 72.1 Å². The summed E-state index contributed by atoms with van der Waals surface area (Å²) in [5.74, 6) is -1.21. The Morgan fingerprint density at radius 3 is 1.56 bits per heavy atom. The average Bonchev–Trinajstić information content (AvgIpc) is 2.71. The first-order valence-corrected chi connectivity index (χ1v) is 17.2. The fraction of sp³-hybridized carbons (Fsp3) is 0.955. The number of nitrogens with zero attached hydrogens (tertiary/aromatic N) is 1. The van der Waals surface area contributed by atoms with Crippen molar-refractivity contribution in [1.29, 1.82) is 0 Å². The predicted molar refractivity (Wildman–Crippen MR) is 133 cm³/mol. The van der Waals surface area contributed by atoms with Crippen molar-refractivity contribution in [2.24, 2.45) is 5.92 Å². The monoisotopic (exact) mass is 495 g/mol. The molecule has 10 heteroatoms. The summed E-state index contributed by atoms with van der Waals surface area (Å²) in [6.45, 7) is 17.5. The van der Waals surface area contributed by atoms with Crippen LogP contribution in [-0.2, 0) is 27.2 Å². The van der Waals surface area contributed by atoms with Gasteiger partial charge in [0.2, 0.25) is 0 Å². The second-order valence-corrected chi connectivity index (χ2v) is 15.0. The summed E-state index contributed by atoms with van der Waals surface area (Å²) in [4.78, 5) is 14.1. The van der Waals surface area contributed by atoms with Gasteiger partial charge < -0.3 is 32.4 Å². The van der Waals surface area contributed by atoms with Gasteiger partial charge in [-0.25, -0.2) is 0 Å². The highest BCUT2D eigenvalue weighted by Gasteiger charge is 2.32. The smallest absolute Gasteiger partial charge is 0.334 e. The van der Waals surface area contributed by atoms with Crippen molar-refractivity contribution in [2.75, 3.05) is 59.8 Å². The molecule has 1 N–H and O–H groups in total. The van der Waals surface area contributed by atoms with E-state index < -0.39 is 29.0 Å². The van der Waals surface area contributed by atoms with Crippen LogP contribution in [0.5, 0.6) is 0 Å². The molecule has 32 heavy (non-hydrogen) atoms. The molecule has 8 nitrogen and oxygen atoms in total. The first-order chi connectivity index (χ1) is 15.2. The highest BCUT2D eigenvalue weighted by molar-refractivity contribution is 6.66. The van der Waals surface area contributed by atoms with Gasteiger partial charge >= 0.3 is 23.1 Å². The predicted octanol–water partition coefficient (Wildman–Crippen LogP) is 4.10. The normalized spacial score (nSPS) is 13.6. The van der Waals surface area contributed by atoms with E-state index in [4.69, 9.17) is 22.4 Å². The molecule has 1 unspecified atom stereocenters. The molecule has 0 rings (SSSR count). The molecule has 0 bridgehead atoms. The second-order valence-electron chi connectivity index (χ2n) is 8.32. The summed E-state index contributed by atoms with van der Waals surface area (Å²) in [7, 11) is -2.75.